The quantitative estimate of drug-likeness (QED) is 0.658. The lowest BCUT2D eigenvalue weighted by Crippen LogP contribution is -2.03. The molecule has 0 spiro atoms. The summed E-state index contributed by atoms with van der Waals surface area (Å²) >= 11 is 0. The van der Waals surface area contributed by atoms with Crippen LogP contribution >= 0.6 is 0 Å². The standard InChI is InChI=1S/C14H15BO/c15-14-9-12-8-11(6-7-13(12)16-14)10-4-2-1-3-5-10/h6-10H,1-5H2. The molecule has 1 heterocycles. The molecule has 0 amide bonds. The molecule has 1 aliphatic carbocycles. The first kappa shape index (κ1) is 10.0. The van der Waals surface area contributed by atoms with Crippen molar-refractivity contribution in [3.63, 3.8) is 0 Å². The number of hydrogen-bond acceptors (Lipinski definition) is 1. The van der Waals surface area contributed by atoms with Crippen molar-refractivity contribution in [1.82, 2.24) is 0 Å². The monoisotopic (exact) mass is 210 g/mol. The van der Waals surface area contributed by atoms with Crippen LogP contribution in [0.4, 0.5) is 0 Å². The van der Waals surface area contributed by atoms with Crippen LogP contribution in [0.5, 0.6) is 0 Å². The van der Waals surface area contributed by atoms with Gasteiger partial charge in [-0.2, -0.15) is 0 Å². The van der Waals surface area contributed by atoms with Gasteiger partial charge in [0.05, 0.1) is 0 Å². The molecule has 1 nitrogen and oxygen atoms in total. The highest BCUT2D eigenvalue weighted by Crippen LogP contribution is 2.33. The third kappa shape index (κ3) is 1.77. The van der Waals surface area contributed by atoms with E-state index in [1.807, 2.05) is 6.07 Å². The summed E-state index contributed by atoms with van der Waals surface area (Å²) in [5.41, 5.74) is 2.86. The van der Waals surface area contributed by atoms with Gasteiger partial charge in [-0.25, -0.2) is 0 Å². The second kappa shape index (κ2) is 4.01. The molecule has 0 saturated heterocycles. The molecule has 80 valence electrons. The van der Waals surface area contributed by atoms with E-state index in [1.165, 1.54) is 37.7 Å². The van der Waals surface area contributed by atoms with E-state index in [9.17, 15) is 0 Å². The number of furan rings is 1. The topological polar surface area (TPSA) is 13.1 Å². The minimum Gasteiger partial charge on any atom is -0.473 e. The maximum atomic E-state index is 5.65. The van der Waals surface area contributed by atoms with Crippen molar-refractivity contribution in [2.75, 3.05) is 0 Å². The smallest absolute Gasteiger partial charge is 0.167 e. The Kier molecular flexibility index (Phi) is 2.51. The van der Waals surface area contributed by atoms with Gasteiger partial charge in [0.25, 0.3) is 0 Å². The second-order valence-electron chi connectivity index (χ2n) is 4.78. The van der Waals surface area contributed by atoms with Crippen molar-refractivity contribution >= 4 is 24.5 Å². The van der Waals surface area contributed by atoms with Crippen molar-refractivity contribution in [2.24, 2.45) is 0 Å². The Morgan fingerprint density at radius 3 is 2.69 bits per heavy atom. The van der Waals surface area contributed by atoms with E-state index in [4.69, 9.17) is 12.3 Å². The minimum absolute atomic E-state index is 0.510. The van der Waals surface area contributed by atoms with Crippen LogP contribution < -0.4 is 5.66 Å². The van der Waals surface area contributed by atoms with E-state index in [-0.39, 0.29) is 0 Å². The summed E-state index contributed by atoms with van der Waals surface area (Å²) in [7, 11) is 5.65. The lowest BCUT2D eigenvalue weighted by atomic mass is 9.84. The van der Waals surface area contributed by atoms with Gasteiger partial charge in [0.2, 0.25) is 0 Å². The molecule has 1 aromatic heterocycles. The highest BCUT2D eigenvalue weighted by Gasteiger charge is 2.15. The largest absolute Gasteiger partial charge is 0.473 e. The Bertz CT molecular complexity index is 494. The number of benzene rings is 1. The molecule has 2 aromatic rings. The van der Waals surface area contributed by atoms with Crippen LogP contribution in [-0.4, -0.2) is 7.85 Å². The van der Waals surface area contributed by atoms with Gasteiger partial charge in [0, 0.05) is 11.0 Å². The Hall–Kier alpha value is -1.18. The second-order valence-corrected chi connectivity index (χ2v) is 4.78. The van der Waals surface area contributed by atoms with E-state index in [1.54, 1.807) is 0 Å². The van der Waals surface area contributed by atoms with E-state index in [2.05, 4.69) is 18.2 Å². The zero-order chi connectivity index (χ0) is 11.0. The molecular weight excluding hydrogens is 195 g/mol. The summed E-state index contributed by atoms with van der Waals surface area (Å²) in [4.78, 5) is 0. The van der Waals surface area contributed by atoms with Crippen LogP contribution in [-0.2, 0) is 0 Å². The Morgan fingerprint density at radius 2 is 1.88 bits per heavy atom. The van der Waals surface area contributed by atoms with Crippen LogP contribution in [0, 0.1) is 0 Å². The molecular formula is C14H15BO. The van der Waals surface area contributed by atoms with Gasteiger partial charge in [0.1, 0.15) is 5.58 Å². The highest BCUT2D eigenvalue weighted by molar-refractivity contribution is 6.31. The fourth-order valence-corrected chi connectivity index (χ4v) is 2.77. The number of hydrogen-bond donors (Lipinski definition) is 0. The minimum atomic E-state index is 0.510. The molecule has 16 heavy (non-hydrogen) atoms. The maximum Gasteiger partial charge on any atom is 0.167 e. The van der Waals surface area contributed by atoms with E-state index >= 15 is 0 Å². The number of rotatable bonds is 1. The molecule has 0 bridgehead atoms. The van der Waals surface area contributed by atoms with Crippen molar-refractivity contribution in [1.29, 1.82) is 0 Å². The molecule has 2 heteroatoms. The van der Waals surface area contributed by atoms with Crippen LogP contribution in [0.1, 0.15) is 43.6 Å². The van der Waals surface area contributed by atoms with Gasteiger partial charge in [-0.1, -0.05) is 25.3 Å². The molecule has 1 aliphatic rings. The summed E-state index contributed by atoms with van der Waals surface area (Å²) in [6, 6.07) is 8.41. The summed E-state index contributed by atoms with van der Waals surface area (Å²) in [6.07, 6.45) is 6.81. The van der Waals surface area contributed by atoms with Crippen LogP contribution in [0.25, 0.3) is 11.0 Å². The van der Waals surface area contributed by atoms with Crippen LogP contribution in [0.3, 0.4) is 0 Å². The molecule has 2 radical (unpaired) electrons. The predicted molar refractivity (Wildman–Crippen MR) is 67.4 cm³/mol. The van der Waals surface area contributed by atoms with E-state index in [0.717, 1.165) is 16.9 Å². The normalized spacial score (nSPS) is 18.0. The zero-order valence-electron chi connectivity index (χ0n) is 9.41. The molecule has 0 atom stereocenters. The molecule has 3 rings (SSSR count). The number of fused-ring (bicyclic) bond motifs is 1. The SMILES string of the molecule is [B]c1cc2cc(C3CCCCC3)ccc2o1. The first-order valence-electron chi connectivity index (χ1n) is 6.12. The average Bonchev–Trinajstić information content (AvgIpc) is 2.69. The summed E-state index contributed by atoms with van der Waals surface area (Å²) in [5.74, 6) is 0.745. The Morgan fingerprint density at radius 1 is 1.06 bits per heavy atom. The Balaban J connectivity index is 1.97. The maximum absolute atomic E-state index is 5.65. The van der Waals surface area contributed by atoms with Crippen molar-refractivity contribution < 1.29 is 4.42 Å². The van der Waals surface area contributed by atoms with Crippen molar-refractivity contribution in [3.05, 3.63) is 29.8 Å². The molecule has 1 saturated carbocycles. The third-order valence-electron chi connectivity index (χ3n) is 3.64. The molecule has 0 aliphatic heterocycles. The fourth-order valence-electron chi connectivity index (χ4n) is 2.77. The lowest BCUT2D eigenvalue weighted by molar-refractivity contribution is 0.444. The van der Waals surface area contributed by atoms with Gasteiger partial charge in [-0.15, -0.1) is 0 Å². The predicted octanol–water partition coefficient (Wildman–Crippen LogP) is 3.27. The molecule has 1 aromatic carbocycles. The van der Waals surface area contributed by atoms with Gasteiger partial charge in [-0.05, 0) is 42.5 Å². The van der Waals surface area contributed by atoms with Gasteiger partial charge < -0.3 is 4.42 Å². The van der Waals surface area contributed by atoms with Crippen LogP contribution in [0.2, 0.25) is 0 Å². The van der Waals surface area contributed by atoms with E-state index in [0.29, 0.717) is 5.66 Å². The van der Waals surface area contributed by atoms with Crippen molar-refractivity contribution in [2.45, 2.75) is 38.0 Å². The Labute approximate surface area is 97.2 Å². The summed E-state index contributed by atoms with van der Waals surface area (Å²) in [6.45, 7) is 0. The fraction of sp³-hybridized carbons (Fsp3) is 0.429. The molecule has 1 fully saturated rings. The summed E-state index contributed by atoms with van der Waals surface area (Å²) < 4.78 is 5.39. The first-order chi connectivity index (χ1) is 7.83. The van der Waals surface area contributed by atoms with E-state index < -0.39 is 0 Å². The zero-order valence-corrected chi connectivity index (χ0v) is 9.41. The molecule has 0 unspecified atom stereocenters. The summed E-state index contributed by atoms with van der Waals surface area (Å²) in [5, 5.41) is 1.14. The average molecular weight is 210 g/mol. The first-order valence-corrected chi connectivity index (χ1v) is 6.12. The van der Waals surface area contributed by atoms with Crippen molar-refractivity contribution in [3.8, 4) is 0 Å². The van der Waals surface area contributed by atoms with Gasteiger partial charge in [0.15, 0.2) is 7.85 Å². The highest BCUT2D eigenvalue weighted by atomic mass is 16.3. The lowest BCUT2D eigenvalue weighted by Gasteiger charge is -2.21. The van der Waals surface area contributed by atoms with Crippen LogP contribution in [0.15, 0.2) is 28.7 Å². The van der Waals surface area contributed by atoms with Gasteiger partial charge >= 0.3 is 0 Å². The molecule has 0 N–H and O–H groups in total. The third-order valence-corrected chi connectivity index (χ3v) is 3.64. The van der Waals surface area contributed by atoms with Gasteiger partial charge in [-0.3, -0.25) is 0 Å².